The summed E-state index contributed by atoms with van der Waals surface area (Å²) in [6.07, 6.45) is 8.95. The number of hydrogen-bond acceptors (Lipinski definition) is 9. The number of aromatic nitrogens is 6. The molecule has 0 aliphatic heterocycles. The Labute approximate surface area is 199 Å². The van der Waals surface area contributed by atoms with Gasteiger partial charge in [0, 0.05) is 30.9 Å². The Kier molecular flexibility index (Phi) is 5.75. The van der Waals surface area contributed by atoms with Gasteiger partial charge in [-0.2, -0.15) is 10.1 Å². The number of nitrogens with zero attached hydrogens (tertiary/aromatic N) is 6. The maximum absolute atomic E-state index is 11.9. The summed E-state index contributed by atoms with van der Waals surface area (Å²) in [5.41, 5.74) is 9.81. The van der Waals surface area contributed by atoms with Crippen LogP contribution in [-0.4, -0.2) is 62.2 Å². The molecule has 0 radical (unpaired) electrons. The monoisotopic (exact) mass is 530 g/mol. The molecule has 0 spiro atoms. The van der Waals surface area contributed by atoms with Crippen molar-refractivity contribution in [3.8, 4) is 5.69 Å². The smallest absolute Gasteiger partial charge is 0.224 e. The average molecular weight is 531 g/mol. The minimum atomic E-state index is -3.05. The molecule has 1 aliphatic carbocycles. The third kappa shape index (κ3) is 4.30. The molecule has 2 atom stereocenters. The van der Waals surface area contributed by atoms with Crippen LogP contribution in [0.2, 0.25) is 0 Å². The van der Waals surface area contributed by atoms with Crippen molar-refractivity contribution in [3.63, 3.8) is 0 Å². The molecule has 172 valence electrons. The van der Waals surface area contributed by atoms with Crippen molar-refractivity contribution in [2.45, 2.75) is 37.0 Å². The Hall–Kier alpha value is -2.70. The van der Waals surface area contributed by atoms with Gasteiger partial charge in [0.05, 0.1) is 27.4 Å². The first-order chi connectivity index (χ1) is 15.8. The fourth-order valence-corrected chi connectivity index (χ4v) is 5.94. The molecule has 10 nitrogen and oxygen atoms in total. The van der Waals surface area contributed by atoms with E-state index < -0.39 is 9.84 Å². The molecule has 1 unspecified atom stereocenters. The van der Waals surface area contributed by atoms with Gasteiger partial charge in [0.15, 0.2) is 5.65 Å². The molecule has 33 heavy (non-hydrogen) atoms. The van der Waals surface area contributed by atoms with Crippen LogP contribution in [0.5, 0.6) is 0 Å². The Balaban J connectivity index is 1.53. The Bertz CT molecular complexity index is 1460. The second kappa shape index (κ2) is 8.58. The lowest BCUT2D eigenvalue weighted by Crippen LogP contribution is -2.21. The molecule has 3 aromatic heterocycles. The number of anilines is 1. The molecule has 3 N–H and O–H groups in total. The summed E-state index contributed by atoms with van der Waals surface area (Å²) in [4.78, 5) is 18.1. The molecule has 1 aromatic carbocycles. The van der Waals surface area contributed by atoms with Gasteiger partial charge >= 0.3 is 0 Å². The molecular formula is C21H23BrN8O2S. The van der Waals surface area contributed by atoms with Crippen LogP contribution in [0, 0.1) is 0 Å². The molecule has 0 bridgehead atoms. The standard InChI is InChI=1S/C21H23BrN8O2S/c1-33(31,32)15-3-2-13(9-15)27-21-26-11-16-19(22)29-30(20(16)28-21)14-8-12(4-5-23)18-17(10-14)24-6-7-25-18/h6-8,10-11,13,15H,2-5,9,23H2,1H3,(H,26,27,28)/t13-,15?/m1/s1. The van der Waals surface area contributed by atoms with E-state index in [9.17, 15) is 8.42 Å². The Morgan fingerprint density at radius 1 is 1.21 bits per heavy atom. The zero-order valence-electron chi connectivity index (χ0n) is 17.9. The zero-order valence-corrected chi connectivity index (χ0v) is 20.3. The highest BCUT2D eigenvalue weighted by atomic mass is 79.9. The van der Waals surface area contributed by atoms with E-state index in [1.807, 2.05) is 12.1 Å². The average Bonchev–Trinajstić information content (AvgIpc) is 3.38. The highest BCUT2D eigenvalue weighted by Crippen LogP contribution is 2.30. The number of nitrogens with two attached hydrogens (primary N) is 1. The lowest BCUT2D eigenvalue weighted by Gasteiger charge is -2.13. The van der Waals surface area contributed by atoms with Crippen LogP contribution in [0.3, 0.4) is 0 Å². The fraction of sp³-hybridized carbons (Fsp3) is 0.381. The normalized spacial score (nSPS) is 18.9. The molecule has 5 rings (SSSR count). The van der Waals surface area contributed by atoms with Crippen molar-refractivity contribution in [1.29, 1.82) is 0 Å². The maximum atomic E-state index is 11.9. The second-order valence-electron chi connectivity index (χ2n) is 8.31. The summed E-state index contributed by atoms with van der Waals surface area (Å²) < 4.78 is 26.1. The number of hydrogen-bond donors (Lipinski definition) is 2. The first-order valence-electron chi connectivity index (χ1n) is 10.6. The minimum Gasteiger partial charge on any atom is -0.351 e. The second-order valence-corrected chi connectivity index (χ2v) is 11.4. The fourth-order valence-electron chi connectivity index (χ4n) is 4.36. The van der Waals surface area contributed by atoms with Gasteiger partial charge in [-0.1, -0.05) is 0 Å². The number of benzene rings is 1. The summed E-state index contributed by atoms with van der Waals surface area (Å²) in [5.74, 6) is 0.443. The highest BCUT2D eigenvalue weighted by Gasteiger charge is 2.32. The van der Waals surface area contributed by atoms with Gasteiger partial charge in [0.2, 0.25) is 5.95 Å². The quantitative estimate of drug-likeness (QED) is 0.384. The lowest BCUT2D eigenvalue weighted by atomic mass is 10.1. The van der Waals surface area contributed by atoms with E-state index >= 15 is 0 Å². The molecule has 1 aliphatic rings. The van der Waals surface area contributed by atoms with Crippen molar-refractivity contribution in [1.82, 2.24) is 29.7 Å². The minimum absolute atomic E-state index is 0.00841. The van der Waals surface area contributed by atoms with Crippen LogP contribution < -0.4 is 11.1 Å². The number of rotatable bonds is 6. The Morgan fingerprint density at radius 3 is 2.79 bits per heavy atom. The van der Waals surface area contributed by atoms with Crippen LogP contribution in [0.4, 0.5) is 5.95 Å². The topological polar surface area (TPSA) is 142 Å². The predicted octanol–water partition coefficient (Wildman–Crippen LogP) is 2.40. The van der Waals surface area contributed by atoms with E-state index in [1.165, 1.54) is 6.26 Å². The third-order valence-corrected chi connectivity index (χ3v) is 8.22. The molecule has 12 heteroatoms. The van der Waals surface area contributed by atoms with E-state index in [0.29, 0.717) is 42.0 Å². The summed E-state index contributed by atoms with van der Waals surface area (Å²) in [6.45, 7) is 0.491. The van der Waals surface area contributed by atoms with Crippen molar-refractivity contribution in [3.05, 3.63) is 40.9 Å². The van der Waals surface area contributed by atoms with Gasteiger partial charge in [-0.3, -0.25) is 9.97 Å². The van der Waals surface area contributed by atoms with Gasteiger partial charge in [0.1, 0.15) is 14.4 Å². The van der Waals surface area contributed by atoms with Crippen LogP contribution in [0.25, 0.3) is 27.8 Å². The molecule has 0 saturated heterocycles. The van der Waals surface area contributed by atoms with Gasteiger partial charge in [-0.15, -0.1) is 0 Å². The van der Waals surface area contributed by atoms with Gasteiger partial charge in [-0.05, 0) is 65.9 Å². The van der Waals surface area contributed by atoms with Crippen LogP contribution in [0.15, 0.2) is 35.3 Å². The SMILES string of the molecule is CS(=O)(=O)C1CC[C@@H](Nc2ncc3c(Br)nn(-c4cc(CCN)c5nccnc5c4)c3n2)C1. The number of nitrogens with one attached hydrogen (secondary N) is 1. The van der Waals surface area contributed by atoms with Crippen molar-refractivity contribution < 1.29 is 8.42 Å². The van der Waals surface area contributed by atoms with E-state index in [2.05, 4.69) is 41.3 Å². The van der Waals surface area contributed by atoms with Gasteiger partial charge in [-0.25, -0.2) is 18.1 Å². The molecule has 1 fully saturated rings. The first kappa shape index (κ1) is 22.1. The number of sulfone groups is 1. The molecule has 4 aromatic rings. The summed E-state index contributed by atoms with van der Waals surface area (Å²) in [6, 6.07) is 3.93. The molecule has 0 amide bonds. The van der Waals surface area contributed by atoms with E-state index in [1.54, 1.807) is 23.3 Å². The lowest BCUT2D eigenvalue weighted by molar-refractivity contribution is 0.585. The van der Waals surface area contributed by atoms with E-state index in [4.69, 9.17) is 10.7 Å². The van der Waals surface area contributed by atoms with E-state index in [-0.39, 0.29) is 11.3 Å². The maximum Gasteiger partial charge on any atom is 0.224 e. The van der Waals surface area contributed by atoms with Gasteiger partial charge in [0.25, 0.3) is 0 Å². The van der Waals surface area contributed by atoms with Crippen molar-refractivity contribution in [2.24, 2.45) is 5.73 Å². The molecular weight excluding hydrogens is 508 g/mol. The van der Waals surface area contributed by atoms with Crippen LogP contribution >= 0.6 is 15.9 Å². The number of halogens is 1. The summed E-state index contributed by atoms with van der Waals surface area (Å²) >= 11 is 3.51. The first-order valence-corrected chi connectivity index (χ1v) is 13.4. The highest BCUT2D eigenvalue weighted by molar-refractivity contribution is 9.10. The molecule has 1 saturated carbocycles. The Morgan fingerprint density at radius 2 is 2.03 bits per heavy atom. The largest absolute Gasteiger partial charge is 0.351 e. The number of fused-ring (bicyclic) bond motifs is 2. The van der Waals surface area contributed by atoms with E-state index in [0.717, 1.165) is 34.1 Å². The van der Waals surface area contributed by atoms with Gasteiger partial charge < -0.3 is 11.1 Å². The van der Waals surface area contributed by atoms with Crippen LogP contribution in [-0.2, 0) is 16.3 Å². The summed E-state index contributed by atoms with van der Waals surface area (Å²) in [7, 11) is -3.05. The zero-order chi connectivity index (χ0) is 23.2. The predicted molar refractivity (Wildman–Crippen MR) is 130 cm³/mol. The van der Waals surface area contributed by atoms with Crippen molar-refractivity contribution in [2.75, 3.05) is 18.1 Å². The molecule has 3 heterocycles. The van der Waals surface area contributed by atoms with Crippen molar-refractivity contribution >= 4 is 53.8 Å². The summed E-state index contributed by atoms with van der Waals surface area (Å²) in [5, 5.41) is 8.38. The third-order valence-electron chi connectivity index (χ3n) is 6.00. The van der Waals surface area contributed by atoms with Crippen LogP contribution in [0.1, 0.15) is 24.8 Å².